The first-order valence-electron chi connectivity index (χ1n) is 14.0. The highest BCUT2D eigenvalue weighted by Crippen LogP contribution is 2.33. The number of nitrogens with two attached hydrogens (primary N) is 1. The minimum atomic E-state index is -1.21. The van der Waals surface area contributed by atoms with Crippen LogP contribution in [0.15, 0.2) is 48.5 Å². The highest BCUT2D eigenvalue weighted by molar-refractivity contribution is 5.93. The highest BCUT2D eigenvalue weighted by atomic mass is 16.6. The van der Waals surface area contributed by atoms with Crippen molar-refractivity contribution >= 4 is 23.8 Å². The molecule has 0 aromatic heterocycles. The van der Waals surface area contributed by atoms with Gasteiger partial charge in [0.2, 0.25) is 17.7 Å². The van der Waals surface area contributed by atoms with Crippen LogP contribution in [-0.4, -0.2) is 52.0 Å². The number of primary amides is 1. The van der Waals surface area contributed by atoms with Gasteiger partial charge in [-0.1, -0.05) is 68.3 Å². The van der Waals surface area contributed by atoms with E-state index in [-0.39, 0.29) is 37.2 Å². The Kier molecular flexibility index (Phi) is 12.6. The minimum absolute atomic E-state index is 0.0875. The normalized spacial score (nSPS) is 12.6. The number of aryl methyl sites for hydroxylation is 1. The summed E-state index contributed by atoms with van der Waals surface area (Å²) in [7, 11) is 0. The zero-order valence-electron chi connectivity index (χ0n) is 24.7. The molecule has 2 rings (SSSR count). The Bertz CT molecular complexity index is 1180. The molecule has 0 saturated heterocycles. The first-order chi connectivity index (χ1) is 19.3. The van der Waals surface area contributed by atoms with Crippen LogP contribution in [-0.2, 0) is 25.7 Å². The number of carbonyl (C=O) groups excluding carboxylic acids is 4. The molecule has 0 heterocycles. The van der Waals surface area contributed by atoms with Crippen LogP contribution in [0.1, 0.15) is 82.5 Å². The van der Waals surface area contributed by atoms with Crippen molar-refractivity contribution in [2.24, 2.45) is 5.73 Å². The van der Waals surface area contributed by atoms with E-state index >= 15 is 0 Å². The van der Waals surface area contributed by atoms with Crippen LogP contribution in [0.25, 0.3) is 0 Å². The summed E-state index contributed by atoms with van der Waals surface area (Å²) in [5.74, 6) is -1.83. The fraction of sp³-hybridized carbons (Fsp3) is 0.484. The van der Waals surface area contributed by atoms with Gasteiger partial charge in [0.05, 0.1) is 0 Å². The first-order valence-corrected chi connectivity index (χ1v) is 14.0. The van der Waals surface area contributed by atoms with Gasteiger partial charge in [-0.2, -0.15) is 0 Å². The van der Waals surface area contributed by atoms with E-state index < -0.39 is 41.5 Å². The van der Waals surface area contributed by atoms with Crippen LogP contribution in [0.5, 0.6) is 5.75 Å². The van der Waals surface area contributed by atoms with Crippen molar-refractivity contribution in [2.75, 3.05) is 6.54 Å². The molecule has 0 aliphatic rings. The van der Waals surface area contributed by atoms with Gasteiger partial charge >= 0.3 is 6.09 Å². The van der Waals surface area contributed by atoms with Crippen LogP contribution in [0.4, 0.5) is 4.79 Å². The lowest BCUT2D eigenvalue weighted by atomic mass is 9.98. The van der Waals surface area contributed by atoms with E-state index in [2.05, 4.69) is 10.6 Å². The van der Waals surface area contributed by atoms with E-state index in [1.54, 1.807) is 45.9 Å². The van der Waals surface area contributed by atoms with E-state index in [4.69, 9.17) is 10.5 Å². The van der Waals surface area contributed by atoms with Crippen LogP contribution >= 0.6 is 0 Å². The van der Waals surface area contributed by atoms with Gasteiger partial charge in [-0.3, -0.25) is 14.4 Å². The Morgan fingerprint density at radius 2 is 1.71 bits per heavy atom. The lowest BCUT2D eigenvalue weighted by molar-refractivity contribution is -0.143. The second-order valence-electron chi connectivity index (χ2n) is 11.1. The largest absolute Gasteiger partial charge is 0.507 e. The lowest BCUT2D eigenvalue weighted by Crippen LogP contribution is -2.53. The number of phenols is 1. The predicted octanol–water partition coefficient (Wildman–Crippen LogP) is 4.24. The monoisotopic (exact) mass is 568 g/mol. The van der Waals surface area contributed by atoms with Gasteiger partial charge < -0.3 is 31.1 Å². The van der Waals surface area contributed by atoms with Crippen molar-refractivity contribution in [3.63, 3.8) is 0 Å². The smallest absolute Gasteiger partial charge is 0.408 e. The molecular formula is C31H44N4O6. The summed E-state index contributed by atoms with van der Waals surface area (Å²) in [6.45, 7) is 9.18. The van der Waals surface area contributed by atoms with Crippen molar-refractivity contribution in [1.29, 1.82) is 0 Å². The summed E-state index contributed by atoms with van der Waals surface area (Å²) >= 11 is 0. The van der Waals surface area contributed by atoms with Crippen LogP contribution in [0.2, 0.25) is 0 Å². The molecule has 5 N–H and O–H groups in total. The highest BCUT2D eigenvalue weighted by Gasteiger charge is 2.37. The number of amides is 4. The number of ether oxygens (including phenoxy) is 1. The third-order valence-electron chi connectivity index (χ3n) is 6.39. The Labute approximate surface area is 242 Å². The predicted molar refractivity (Wildman–Crippen MR) is 157 cm³/mol. The molecule has 0 spiro atoms. The molecule has 0 saturated carbocycles. The molecule has 0 fully saturated rings. The molecule has 2 aromatic rings. The molecular weight excluding hydrogens is 524 g/mol. The van der Waals surface area contributed by atoms with E-state index in [1.165, 1.54) is 4.90 Å². The van der Waals surface area contributed by atoms with Crippen molar-refractivity contribution in [3.05, 3.63) is 65.2 Å². The summed E-state index contributed by atoms with van der Waals surface area (Å²) in [6.07, 6.45) is 1.13. The molecule has 4 amide bonds. The Balaban J connectivity index is 2.54. The summed E-state index contributed by atoms with van der Waals surface area (Å²) < 4.78 is 5.36. The van der Waals surface area contributed by atoms with E-state index in [0.717, 1.165) is 18.4 Å². The van der Waals surface area contributed by atoms with Crippen LogP contribution in [0, 0.1) is 6.92 Å². The van der Waals surface area contributed by atoms with Crippen molar-refractivity contribution in [1.82, 2.24) is 15.5 Å². The Hall–Kier alpha value is -4.08. The molecule has 0 aliphatic carbocycles. The molecule has 10 heteroatoms. The summed E-state index contributed by atoms with van der Waals surface area (Å²) in [4.78, 5) is 53.7. The third-order valence-corrected chi connectivity index (χ3v) is 6.39. The number of unbranched alkanes of at least 4 members (excludes halogenated alkanes) is 2. The maximum atomic E-state index is 14.2. The second kappa shape index (κ2) is 15.6. The number of carbonyl (C=O) groups is 4. The first kappa shape index (κ1) is 33.1. The number of nitrogens with zero attached hydrogens (tertiary/aromatic N) is 1. The maximum Gasteiger partial charge on any atom is 0.408 e. The molecule has 0 aliphatic heterocycles. The van der Waals surface area contributed by atoms with E-state index in [9.17, 15) is 24.3 Å². The lowest BCUT2D eigenvalue weighted by Gasteiger charge is -2.35. The standard InChI is InChI=1S/C31H44N4O6/c1-6-7-11-19-35(29(39)24(17-18-25(32)36)34-30(40)41-31(3,4)5)26(23-16-12-13-21(2)27(23)37)28(38)33-20-22-14-9-8-10-15-22/h8-10,12-16,24,26,37H,6-7,11,17-20H2,1-5H3,(H2,32,36)(H,33,38)(H,34,40). The van der Waals surface area contributed by atoms with Gasteiger partial charge in [0, 0.05) is 25.1 Å². The molecule has 2 unspecified atom stereocenters. The number of rotatable bonds is 14. The number of phenolic OH excluding ortho intramolecular Hbond substituents is 1. The van der Waals surface area contributed by atoms with E-state index in [0.29, 0.717) is 12.0 Å². The summed E-state index contributed by atoms with van der Waals surface area (Å²) in [5, 5.41) is 16.5. The maximum absolute atomic E-state index is 14.2. The SMILES string of the molecule is CCCCCN(C(=O)C(CCC(N)=O)NC(=O)OC(C)(C)C)C(C(=O)NCc1ccccc1)c1cccc(C)c1O. The molecule has 10 nitrogen and oxygen atoms in total. The second-order valence-corrected chi connectivity index (χ2v) is 11.1. The average Bonchev–Trinajstić information content (AvgIpc) is 2.90. The number of hydrogen-bond acceptors (Lipinski definition) is 6. The van der Waals surface area contributed by atoms with Gasteiger partial charge in [-0.15, -0.1) is 0 Å². The number of para-hydroxylation sites is 1. The van der Waals surface area contributed by atoms with Gasteiger partial charge in [-0.25, -0.2) is 4.79 Å². The molecule has 2 aromatic carbocycles. The van der Waals surface area contributed by atoms with Crippen molar-refractivity contribution < 1.29 is 29.0 Å². The number of hydrogen-bond donors (Lipinski definition) is 4. The zero-order valence-corrected chi connectivity index (χ0v) is 24.7. The number of aromatic hydroxyl groups is 1. The molecule has 0 radical (unpaired) electrons. The molecule has 0 bridgehead atoms. The molecule has 224 valence electrons. The topological polar surface area (TPSA) is 151 Å². The molecule has 2 atom stereocenters. The number of benzene rings is 2. The third kappa shape index (κ3) is 10.8. The summed E-state index contributed by atoms with van der Waals surface area (Å²) in [6, 6.07) is 11.9. The average molecular weight is 569 g/mol. The van der Waals surface area contributed by atoms with E-state index in [1.807, 2.05) is 37.3 Å². The quantitative estimate of drug-likeness (QED) is 0.250. The van der Waals surface area contributed by atoms with Gasteiger partial charge in [0.25, 0.3) is 0 Å². The fourth-order valence-corrected chi connectivity index (χ4v) is 4.33. The molecule has 41 heavy (non-hydrogen) atoms. The zero-order chi connectivity index (χ0) is 30.6. The fourth-order valence-electron chi connectivity index (χ4n) is 4.33. The van der Waals surface area contributed by atoms with Crippen LogP contribution in [0.3, 0.4) is 0 Å². The summed E-state index contributed by atoms with van der Waals surface area (Å²) in [5.41, 5.74) is 6.21. The van der Waals surface area contributed by atoms with Gasteiger partial charge in [0.15, 0.2) is 0 Å². The van der Waals surface area contributed by atoms with Gasteiger partial charge in [-0.05, 0) is 51.7 Å². The van der Waals surface area contributed by atoms with Crippen molar-refractivity contribution in [2.45, 2.75) is 91.0 Å². The Morgan fingerprint density at radius 3 is 2.32 bits per heavy atom. The van der Waals surface area contributed by atoms with Gasteiger partial charge in [0.1, 0.15) is 23.4 Å². The number of nitrogens with one attached hydrogen (secondary N) is 2. The number of alkyl carbamates (subject to hydrolysis) is 1. The minimum Gasteiger partial charge on any atom is -0.507 e. The Morgan fingerprint density at radius 1 is 1.02 bits per heavy atom. The van der Waals surface area contributed by atoms with Crippen LogP contribution < -0.4 is 16.4 Å². The van der Waals surface area contributed by atoms with Crippen molar-refractivity contribution in [3.8, 4) is 5.75 Å².